The number of carbonyl (C=O) groups excluding carboxylic acids is 3. The molecule has 5 nitrogen and oxygen atoms in total. The number of thioether (sulfide) groups is 1. The molecule has 1 saturated heterocycles. The number of esters is 1. The third-order valence-corrected chi connectivity index (χ3v) is 3.41. The van der Waals surface area contributed by atoms with E-state index in [1.807, 2.05) is 30.3 Å². The Morgan fingerprint density at radius 1 is 1.32 bits per heavy atom. The SMILES string of the molecule is COC(=O)C=C1SC(=O)N(Cc2ccccc2)C1=O. The molecule has 0 unspecified atom stereocenters. The molecular formula is C13H11NO4S. The van der Waals surface area contributed by atoms with Crippen molar-refractivity contribution in [2.75, 3.05) is 7.11 Å². The van der Waals surface area contributed by atoms with E-state index in [2.05, 4.69) is 4.74 Å². The Hall–Kier alpha value is -2.08. The predicted molar refractivity (Wildman–Crippen MR) is 70.1 cm³/mol. The van der Waals surface area contributed by atoms with E-state index in [9.17, 15) is 14.4 Å². The molecule has 1 aliphatic rings. The fraction of sp³-hybridized carbons (Fsp3) is 0.154. The molecule has 2 rings (SSSR count). The minimum Gasteiger partial charge on any atom is -0.466 e. The molecule has 0 spiro atoms. The van der Waals surface area contributed by atoms with Gasteiger partial charge in [0.1, 0.15) is 0 Å². The number of ether oxygens (including phenoxy) is 1. The third kappa shape index (κ3) is 3.03. The van der Waals surface area contributed by atoms with Gasteiger partial charge in [-0.2, -0.15) is 0 Å². The second-order valence-corrected chi connectivity index (χ2v) is 4.77. The monoisotopic (exact) mass is 277 g/mol. The van der Waals surface area contributed by atoms with Crippen LogP contribution in [0.5, 0.6) is 0 Å². The molecule has 0 aromatic heterocycles. The second kappa shape index (κ2) is 5.71. The van der Waals surface area contributed by atoms with Gasteiger partial charge >= 0.3 is 5.97 Å². The van der Waals surface area contributed by atoms with Crippen molar-refractivity contribution in [1.82, 2.24) is 4.90 Å². The third-order valence-electron chi connectivity index (χ3n) is 2.51. The molecule has 6 heteroatoms. The van der Waals surface area contributed by atoms with Gasteiger partial charge in [0.2, 0.25) is 0 Å². The molecule has 1 aromatic carbocycles. The van der Waals surface area contributed by atoms with E-state index in [0.717, 1.165) is 28.3 Å². The maximum Gasteiger partial charge on any atom is 0.331 e. The number of hydrogen-bond acceptors (Lipinski definition) is 5. The van der Waals surface area contributed by atoms with Crippen LogP contribution in [0.15, 0.2) is 41.3 Å². The van der Waals surface area contributed by atoms with Crippen LogP contribution in [0.1, 0.15) is 5.56 Å². The van der Waals surface area contributed by atoms with Crippen LogP contribution in [-0.2, 0) is 20.9 Å². The van der Waals surface area contributed by atoms with Crippen LogP contribution in [0.2, 0.25) is 0 Å². The van der Waals surface area contributed by atoms with Crippen molar-refractivity contribution in [1.29, 1.82) is 0 Å². The van der Waals surface area contributed by atoms with E-state index < -0.39 is 11.9 Å². The number of amides is 2. The Bertz CT molecular complexity index is 553. The summed E-state index contributed by atoms with van der Waals surface area (Å²) in [5.41, 5.74) is 0.851. The summed E-state index contributed by atoms with van der Waals surface area (Å²) < 4.78 is 4.44. The number of hydrogen-bond donors (Lipinski definition) is 0. The first kappa shape index (κ1) is 13.4. The predicted octanol–water partition coefficient (Wildman–Crippen LogP) is 1.94. The molecule has 0 saturated carbocycles. The topological polar surface area (TPSA) is 63.7 Å². The lowest BCUT2D eigenvalue weighted by Gasteiger charge is -2.11. The van der Waals surface area contributed by atoms with Gasteiger partial charge in [0.25, 0.3) is 11.1 Å². The highest BCUT2D eigenvalue weighted by Crippen LogP contribution is 2.31. The first-order valence-electron chi connectivity index (χ1n) is 5.49. The first-order valence-corrected chi connectivity index (χ1v) is 6.30. The number of carbonyl (C=O) groups is 3. The number of imide groups is 1. The summed E-state index contributed by atoms with van der Waals surface area (Å²) in [5.74, 6) is -1.12. The van der Waals surface area contributed by atoms with Crippen molar-refractivity contribution in [3.8, 4) is 0 Å². The van der Waals surface area contributed by atoms with E-state index in [1.165, 1.54) is 7.11 Å². The van der Waals surface area contributed by atoms with Crippen LogP contribution in [0.3, 0.4) is 0 Å². The van der Waals surface area contributed by atoms with Gasteiger partial charge in [-0.15, -0.1) is 0 Å². The minimum atomic E-state index is -0.648. The minimum absolute atomic E-state index is 0.0905. The summed E-state index contributed by atoms with van der Waals surface area (Å²) in [6.07, 6.45) is 1.04. The van der Waals surface area contributed by atoms with Gasteiger partial charge in [-0.1, -0.05) is 30.3 Å². The molecule has 0 radical (unpaired) electrons. The molecule has 2 amide bonds. The van der Waals surface area contributed by atoms with E-state index in [0.29, 0.717) is 0 Å². The van der Waals surface area contributed by atoms with Crippen LogP contribution in [-0.4, -0.2) is 29.1 Å². The molecule has 1 aliphatic heterocycles. The number of rotatable bonds is 3. The molecular weight excluding hydrogens is 266 g/mol. The van der Waals surface area contributed by atoms with E-state index in [1.54, 1.807) is 0 Å². The number of benzene rings is 1. The van der Waals surface area contributed by atoms with Crippen LogP contribution >= 0.6 is 11.8 Å². The van der Waals surface area contributed by atoms with Gasteiger partial charge < -0.3 is 4.74 Å². The fourth-order valence-electron chi connectivity index (χ4n) is 1.57. The van der Waals surface area contributed by atoms with Gasteiger partial charge in [0.05, 0.1) is 18.6 Å². The molecule has 1 heterocycles. The Balaban J connectivity index is 2.15. The van der Waals surface area contributed by atoms with Crippen molar-refractivity contribution < 1.29 is 19.1 Å². The molecule has 98 valence electrons. The lowest BCUT2D eigenvalue weighted by Crippen LogP contribution is -2.27. The van der Waals surface area contributed by atoms with Crippen molar-refractivity contribution in [3.05, 3.63) is 46.9 Å². The number of methoxy groups -OCH3 is 1. The van der Waals surface area contributed by atoms with E-state index >= 15 is 0 Å². The maximum absolute atomic E-state index is 12.0. The van der Waals surface area contributed by atoms with Gasteiger partial charge in [0.15, 0.2) is 0 Å². The lowest BCUT2D eigenvalue weighted by molar-refractivity contribution is -0.135. The average molecular weight is 277 g/mol. The summed E-state index contributed by atoms with van der Waals surface area (Å²) in [7, 11) is 1.22. The highest BCUT2D eigenvalue weighted by Gasteiger charge is 2.35. The Labute approximate surface area is 114 Å². The molecule has 0 atom stereocenters. The molecule has 0 bridgehead atoms. The van der Waals surface area contributed by atoms with Crippen LogP contribution in [0, 0.1) is 0 Å². The van der Waals surface area contributed by atoms with Crippen LogP contribution < -0.4 is 0 Å². The summed E-state index contributed by atoms with van der Waals surface area (Å²) in [4.78, 5) is 36.0. The van der Waals surface area contributed by atoms with Crippen molar-refractivity contribution in [2.24, 2.45) is 0 Å². The summed E-state index contributed by atoms with van der Waals surface area (Å²) in [6.45, 7) is 0.198. The molecule has 1 aromatic rings. The zero-order valence-electron chi connectivity index (χ0n) is 10.2. The zero-order chi connectivity index (χ0) is 13.8. The highest BCUT2D eigenvalue weighted by atomic mass is 32.2. The molecule has 0 N–H and O–H groups in total. The summed E-state index contributed by atoms with van der Waals surface area (Å²) in [6, 6.07) is 9.17. The van der Waals surface area contributed by atoms with Crippen molar-refractivity contribution >= 4 is 28.9 Å². The van der Waals surface area contributed by atoms with Gasteiger partial charge in [0, 0.05) is 6.08 Å². The van der Waals surface area contributed by atoms with Gasteiger partial charge in [-0.3, -0.25) is 14.5 Å². The maximum atomic E-state index is 12.0. The Kier molecular flexibility index (Phi) is 4.01. The Morgan fingerprint density at radius 2 is 2.00 bits per heavy atom. The lowest BCUT2D eigenvalue weighted by atomic mass is 10.2. The van der Waals surface area contributed by atoms with Crippen LogP contribution in [0.25, 0.3) is 0 Å². The average Bonchev–Trinajstić information content (AvgIpc) is 2.67. The van der Waals surface area contributed by atoms with E-state index in [4.69, 9.17) is 0 Å². The molecule has 19 heavy (non-hydrogen) atoms. The zero-order valence-corrected chi connectivity index (χ0v) is 11.0. The normalized spacial score (nSPS) is 17.1. The van der Waals surface area contributed by atoms with Crippen LogP contribution in [0.4, 0.5) is 4.79 Å². The largest absolute Gasteiger partial charge is 0.466 e. The summed E-state index contributed by atoms with van der Waals surface area (Å²) in [5, 5.41) is -0.385. The quantitative estimate of drug-likeness (QED) is 0.624. The number of nitrogens with zero attached hydrogens (tertiary/aromatic N) is 1. The smallest absolute Gasteiger partial charge is 0.331 e. The van der Waals surface area contributed by atoms with E-state index in [-0.39, 0.29) is 16.7 Å². The Morgan fingerprint density at radius 3 is 2.63 bits per heavy atom. The summed E-state index contributed by atoms with van der Waals surface area (Å²) >= 11 is 0.742. The standard InChI is InChI=1S/C13H11NO4S/c1-18-11(15)7-10-12(16)14(13(17)19-10)8-9-5-3-2-4-6-9/h2-7H,8H2,1H3. The highest BCUT2D eigenvalue weighted by molar-refractivity contribution is 8.18. The fourth-order valence-corrected chi connectivity index (χ4v) is 2.37. The second-order valence-electron chi connectivity index (χ2n) is 3.78. The van der Waals surface area contributed by atoms with Gasteiger partial charge in [-0.25, -0.2) is 4.79 Å². The van der Waals surface area contributed by atoms with Crippen molar-refractivity contribution in [3.63, 3.8) is 0 Å². The molecule has 0 aliphatic carbocycles. The molecule has 1 fully saturated rings. The van der Waals surface area contributed by atoms with Crippen molar-refractivity contribution in [2.45, 2.75) is 6.54 Å². The first-order chi connectivity index (χ1) is 9.11. The van der Waals surface area contributed by atoms with Gasteiger partial charge in [-0.05, 0) is 17.3 Å².